The van der Waals surface area contributed by atoms with Crippen LogP contribution in [0.3, 0.4) is 0 Å². The second-order valence-corrected chi connectivity index (χ2v) is 5.33. The van der Waals surface area contributed by atoms with Crippen LogP contribution in [0.15, 0.2) is 47.4 Å². The first-order chi connectivity index (χ1) is 9.76. The lowest BCUT2D eigenvalue weighted by Crippen LogP contribution is -1.91. The first-order valence-electron chi connectivity index (χ1n) is 6.30. The zero-order valence-electron chi connectivity index (χ0n) is 11.6. The van der Waals surface area contributed by atoms with Crippen LogP contribution in [-0.4, -0.2) is 19.3 Å². The topological polar surface area (TPSA) is 38.7 Å². The van der Waals surface area contributed by atoms with E-state index in [1.807, 2.05) is 42.5 Å². The second kappa shape index (κ2) is 7.22. The lowest BCUT2D eigenvalue weighted by atomic mass is 10.2. The Morgan fingerprint density at radius 3 is 2.15 bits per heavy atom. The number of aliphatic hydroxyl groups is 1. The molecule has 0 aromatic heterocycles. The third kappa shape index (κ3) is 3.68. The molecule has 2 aromatic carbocycles. The lowest BCUT2D eigenvalue weighted by molar-refractivity contribution is 0.282. The first kappa shape index (κ1) is 14.8. The van der Waals surface area contributed by atoms with E-state index in [2.05, 4.69) is 0 Å². The maximum absolute atomic E-state index is 9.01. The van der Waals surface area contributed by atoms with Crippen LogP contribution < -0.4 is 9.47 Å². The van der Waals surface area contributed by atoms with E-state index < -0.39 is 0 Å². The van der Waals surface area contributed by atoms with Crippen LogP contribution in [-0.2, 0) is 12.4 Å². The van der Waals surface area contributed by atoms with Crippen LogP contribution in [0.5, 0.6) is 11.5 Å². The Labute approximate surface area is 123 Å². The molecular weight excluding hydrogens is 272 g/mol. The van der Waals surface area contributed by atoms with Crippen LogP contribution >= 0.6 is 11.8 Å². The highest BCUT2D eigenvalue weighted by atomic mass is 32.2. The van der Waals surface area contributed by atoms with Crippen molar-refractivity contribution in [3.05, 3.63) is 53.6 Å². The van der Waals surface area contributed by atoms with E-state index in [0.29, 0.717) is 0 Å². The summed E-state index contributed by atoms with van der Waals surface area (Å²) in [5.41, 5.74) is 2.11. The predicted molar refractivity (Wildman–Crippen MR) is 81.5 cm³/mol. The van der Waals surface area contributed by atoms with Crippen molar-refractivity contribution in [3.8, 4) is 11.5 Å². The van der Waals surface area contributed by atoms with Gasteiger partial charge >= 0.3 is 0 Å². The van der Waals surface area contributed by atoms with Crippen LogP contribution in [0, 0.1) is 0 Å². The molecule has 2 rings (SSSR count). The van der Waals surface area contributed by atoms with E-state index in [1.165, 1.54) is 10.5 Å². The SMILES string of the molecule is COc1ccc(CSc2ccc(CO)cc2)cc1OC. The number of rotatable bonds is 6. The Morgan fingerprint density at radius 1 is 0.900 bits per heavy atom. The van der Waals surface area contributed by atoms with Crippen molar-refractivity contribution in [2.45, 2.75) is 17.3 Å². The van der Waals surface area contributed by atoms with Crippen LogP contribution in [0.2, 0.25) is 0 Å². The molecule has 0 bridgehead atoms. The third-order valence-electron chi connectivity index (χ3n) is 2.96. The minimum absolute atomic E-state index is 0.0840. The largest absolute Gasteiger partial charge is 0.493 e. The highest BCUT2D eigenvalue weighted by Gasteiger charge is 2.05. The molecule has 1 N–H and O–H groups in total. The van der Waals surface area contributed by atoms with Crippen molar-refractivity contribution in [1.82, 2.24) is 0 Å². The molecule has 0 unspecified atom stereocenters. The number of ether oxygens (including phenoxy) is 2. The zero-order chi connectivity index (χ0) is 14.4. The molecule has 0 saturated carbocycles. The summed E-state index contributed by atoms with van der Waals surface area (Å²) in [4.78, 5) is 1.18. The van der Waals surface area contributed by atoms with Gasteiger partial charge in [0, 0.05) is 10.6 Å². The fourth-order valence-corrected chi connectivity index (χ4v) is 2.67. The normalized spacial score (nSPS) is 10.3. The Hall–Kier alpha value is -1.65. The number of thioether (sulfide) groups is 1. The molecule has 0 fully saturated rings. The lowest BCUT2D eigenvalue weighted by Gasteiger charge is -2.09. The summed E-state index contributed by atoms with van der Waals surface area (Å²) in [5.74, 6) is 2.36. The molecule has 0 aliphatic rings. The van der Waals surface area contributed by atoms with Crippen LogP contribution in [0.4, 0.5) is 0 Å². The smallest absolute Gasteiger partial charge is 0.161 e. The monoisotopic (exact) mass is 290 g/mol. The summed E-state index contributed by atoms with van der Waals surface area (Å²) in [6, 6.07) is 13.9. The first-order valence-corrected chi connectivity index (χ1v) is 7.29. The Morgan fingerprint density at radius 2 is 1.55 bits per heavy atom. The number of hydrogen-bond acceptors (Lipinski definition) is 4. The van der Waals surface area contributed by atoms with Crippen molar-refractivity contribution >= 4 is 11.8 Å². The third-order valence-corrected chi connectivity index (χ3v) is 4.04. The van der Waals surface area contributed by atoms with Gasteiger partial charge in [0.25, 0.3) is 0 Å². The van der Waals surface area contributed by atoms with E-state index in [-0.39, 0.29) is 6.61 Å². The maximum Gasteiger partial charge on any atom is 0.161 e. The molecule has 0 amide bonds. The molecule has 4 heteroatoms. The molecule has 2 aromatic rings. The Bertz CT molecular complexity index is 552. The molecule has 0 saturated heterocycles. The van der Waals surface area contributed by atoms with E-state index in [0.717, 1.165) is 22.8 Å². The van der Waals surface area contributed by atoms with Gasteiger partial charge in [0.05, 0.1) is 20.8 Å². The summed E-state index contributed by atoms with van der Waals surface area (Å²) >= 11 is 1.75. The summed E-state index contributed by atoms with van der Waals surface area (Å²) < 4.78 is 10.5. The Balaban J connectivity index is 2.02. The molecule has 0 atom stereocenters. The summed E-state index contributed by atoms with van der Waals surface area (Å²) in [7, 11) is 3.28. The average molecular weight is 290 g/mol. The van der Waals surface area contributed by atoms with Crippen molar-refractivity contribution in [2.75, 3.05) is 14.2 Å². The molecule has 106 valence electrons. The second-order valence-electron chi connectivity index (χ2n) is 4.28. The average Bonchev–Trinajstić information content (AvgIpc) is 2.53. The van der Waals surface area contributed by atoms with Crippen LogP contribution in [0.1, 0.15) is 11.1 Å². The Kier molecular flexibility index (Phi) is 5.32. The fraction of sp³-hybridized carbons (Fsp3) is 0.250. The predicted octanol–water partition coefficient (Wildman–Crippen LogP) is 3.49. The van der Waals surface area contributed by atoms with Gasteiger partial charge in [-0.15, -0.1) is 11.8 Å². The molecular formula is C16H18O3S. The van der Waals surface area contributed by atoms with E-state index in [1.54, 1.807) is 26.0 Å². The summed E-state index contributed by atoms with van der Waals surface area (Å²) in [5, 5.41) is 9.01. The van der Waals surface area contributed by atoms with E-state index in [4.69, 9.17) is 14.6 Å². The number of hydrogen-bond donors (Lipinski definition) is 1. The molecule has 0 radical (unpaired) electrons. The van der Waals surface area contributed by atoms with Gasteiger partial charge < -0.3 is 14.6 Å². The fourth-order valence-electron chi connectivity index (χ4n) is 1.83. The standard InChI is InChI=1S/C16H18O3S/c1-18-15-8-5-13(9-16(15)19-2)11-20-14-6-3-12(10-17)4-7-14/h3-9,17H,10-11H2,1-2H3. The molecule has 3 nitrogen and oxygen atoms in total. The molecule has 0 heterocycles. The van der Waals surface area contributed by atoms with Gasteiger partial charge in [-0.25, -0.2) is 0 Å². The number of aliphatic hydroxyl groups excluding tert-OH is 1. The minimum Gasteiger partial charge on any atom is -0.493 e. The zero-order valence-corrected chi connectivity index (χ0v) is 12.4. The number of methoxy groups -OCH3 is 2. The quantitative estimate of drug-likeness (QED) is 0.827. The van der Waals surface area contributed by atoms with Crippen molar-refractivity contribution < 1.29 is 14.6 Å². The van der Waals surface area contributed by atoms with E-state index >= 15 is 0 Å². The molecule has 0 aliphatic carbocycles. The van der Waals surface area contributed by atoms with Gasteiger partial charge in [0.1, 0.15) is 0 Å². The number of benzene rings is 2. The molecule has 20 heavy (non-hydrogen) atoms. The van der Waals surface area contributed by atoms with Gasteiger partial charge in [-0.1, -0.05) is 18.2 Å². The van der Waals surface area contributed by atoms with Gasteiger partial charge in [-0.05, 0) is 35.4 Å². The summed E-state index contributed by atoms with van der Waals surface area (Å²) in [6.45, 7) is 0.0840. The van der Waals surface area contributed by atoms with Gasteiger partial charge in [-0.2, -0.15) is 0 Å². The van der Waals surface area contributed by atoms with E-state index in [9.17, 15) is 0 Å². The molecule has 0 spiro atoms. The summed E-state index contributed by atoms with van der Waals surface area (Å²) in [6.07, 6.45) is 0. The highest BCUT2D eigenvalue weighted by Crippen LogP contribution is 2.30. The van der Waals surface area contributed by atoms with Crippen molar-refractivity contribution in [2.24, 2.45) is 0 Å². The molecule has 0 aliphatic heterocycles. The van der Waals surface area contributed by atoms with Crippen molar-refractivity contribution in [3.63, 3.8) is 0 Å². The van der Waals surface area contributed by atoms with Gasteiger partial charge in [0.2, 0.25) is 0 Å². The van der Waals surface area contributed by atoms with Gasteiger partial charge in [0.15, 0.2) is 11.5 Å². The minimum atomic E-state index is 0.0840. The maximum atomic E-state index is 9.01. The van der Waals surface area contributed by atoms with Crippen LogP contribution in [0.25, 0.3) is 0 Å². The highest BCUT2D eigenvalue weighted by molar-refractivity contribution is 7.98. The van der Waals surface area contributed by atoms with Crippen molar-refractivity contribution in [1.29, 1.82) is 0 Å². The van der Waals surface area contributed by atoms with Gasteiger partial charge in [-0.3, -0.25) is 0 Å².